The van der Waals surface area contributed by atoms with Crippen molar-refractivity contribution in [2.45, 2.75) is 6.92 Å². The molecule has 80 valence electrons. The minimum atomic E-state index is -0.601. The molecule has 1 aromatic heterocycles. The van der Waals surface area contributed by atoms with Crippen LogP contribution < -0.4 is 0 Å². The van der Waals surface area contributed by atoms with Gasteiger partial charge in [-0.3, -0.25) is 9.78 Å². The van der Waals surface area contributed by atoms with Crippen molar-refractivity contribution in [3.05, 3.63) is 42.0 Å². The highest BCUT2D eigenvalue weighted by Crippen LogP contribution is 2.08. The van der Waals surface area contributed by atoms with Gasteiger partial charge in [0, 0.05) is 19.8 Å². The number of hydrogen-bond acceptors (Lipinski definition) is 2. The summed E-state index contributed by atoms with van der Waals surface area (Å²) in [6, 6.07) is 1.37. The van der Waals surface area contributed by atoms with Crippen LogP contribution in [0.2, 0.25) is 0 Å². The number of pyridine rings is 1. The zero-order valence-corrected chi connectivity index (χ0v) is 8.83. The Morgan fingerprint density at radius 3 is 2.87 bits per heavy atom. The summed E-state index contributed by atoms with van der Waals surface area (Å²) >= 11 is 0. The van der Waals surface area contributed by atoms with Gasteiger partial charge in [0.2, 0.25) is 0 Å². The molecule has 0 unspecified atom stereocenters. The van der Waals surface area contributed by atoms with E-state index in [-0.39, 0.29) is 11.5 Å². The van der Waals surface area contributed by atoms with Gasteiger partial charge in [-0.05, 0) is 13.0 Å². The molecule has 0 aliphatic heterocycles. The largest absolute Gasteiger partial charge is 0.338 e. The Bertz CT molecular complexity index is 390. The molecule has 0 N–H and O–H groups in total. The van der Waals surface area contributed by atoms with Crippen molar-refractivity contribution in [3.63, 3.8) is 0 Å². The molecule has 0 aliphatic carbocycles. The molecule has 0 saturated heterocycles. The summed E-state index contributed by atoms with van der Waals surface area (Å²) in [5.41, 5.74) is 0.883. The van der Waals surface area contributed by atoms with Gasteiger partial charge in [-0.2, -0.15) is 0 Å². The van der Waals surface area contributed by atoms with Crippen LogP contribution in [0.25, 0.3) is 0 Å². The smallest absolute Gasteiger partial charge is 0.256 e. The van der Waals surface area contributed by atoms with Crippen LogP contribution in [0.3, 0.4) is 0 Å². The molecule has 0 fully saturated rings. The fraction of sp³-hybridized carbons (Fsp3) is 0.273. The molecule has 1 rings (SSSR count). The van der Waals surface area contributed by atoms with Gasteiger partial charge in [-0.15, -0.1) is 0 Å². The molecule has 0 atom stereocenters. The summed E-state index contributed by atoms with van der Waals surface area (Å²) in [5, 5.41) is 0. The molecule has 4 heteroatoms. The first-order chi connectivity index (χ1) is 7.02. The Hall–Kier alpha value is -1.71. The van der Waals surface area contributed by atoms with Crippen molar-refractivity contribution in [2.24, 2.45) is 0 Å². The topological polar surface area (TPSA) is 33.2 Å². The van der Waals surface area contributed by atoms with Gasteiger partial charge in [-0.1, -0.05) is 12.2 Å². The number of rotatable bonds is 3. The van der Waals surface area contributed by atoms with E-state index in [1.165, 1.54) is 17.2 Å². The van der Waals surface area contributed by atoms with Gasteiger partial charge in [0.15, 0.2) is 5.82 Å². The van der Waals surface area contributed by atoms with Gasteiger partial charge in [0.1, 0.15) is 0 Å². The second-order valence-electron chi connectivity index (χ2n) is 3.47. The average molecular weight is 208 g/mol. The zero-order chi connectivity index (χ0) is 11.4. The summed E-state index contributed by atoms with van der Waals surface area (Å²) in [6.07, 6.45) is 2.42. The molecular weight excluding hydrogens is 195 g/mol. The fourth-order valence-corrected chi connectivity index (χ4v) is 1.23. The zero-order valence-electron chi connectivity index (χ0n) is 8.83. The van der Waals surface area contributed by atoms with Crippen molar-refractivity contribution < 1.29 is 9.18 Å². The third-order valence-corrected chi connectivity index (χ3v) is 1.86. The first-order valence-electron chi connectivity index (χ1n) is 4.51. The molecule has 0 saturated carbocycles. The molecule has 3 nitrogen and oxygen atoms in total. The van der Waals surface area contributed by atoms with E-state index in [2.05, 4.69) is 11.6 Å². The molecule has 1 heterocycles. The van der Waals surface area contributed by atoms with Crippen molar-refractivity contribution in [3.8, 4) is 0 Å². The van der Waals surface area contributed by atoms with E-state index in [0.29, 0.717) is 6.54 Å². The van der Waals surface area contributed by atoms with E-state index in [0.717, 1.165) is 11.8 Å². The summed E-state index contributed by atoms with van der Waals surface area (Å²) < 4.78 is 13.2. The van der Waals surface area contributed by atoms with E-state index in [9.17, 15) is 9.18 Å². The maximum absolute atomic E-state index is 13.2. The maximum Gasteiger partial charge on any atom is 0.256 e. The van der Waals surface area contributed by atoms with Gasteiger partial charge in [-0.25, -0.2) is 4.39 Å². The van der Waals surface area contributed by atoms with E-state index < -0.39 is 5.82 Å². The van der Waals surface area contributed by atoms with Gasteiger partial charge in [0.05, 0.1) is 11.8 Å². The van der Waals surface area contributed by atoms with Crippen LogP contribution in [0.4, 0.5) is 4.39 Å². The van der Waals surface area contributed by atoms with Gasteiger partial charge in [0.25, 0.3) is 5.91 Å². The number of likely N-dealkylation sites (N-methyl/N-ethyl adjacent to an activating group) is 1. The molecule has 1 amide bonds. The fourth-order valence-electron chi connectivity index (χ4n) is 1.23. The molecule has 0 bridgehead atoms. The first kappa shape index (κ1) is 11.4. The summed E-state index contributed by atoms with van der Waals surface area (Å²) in [7, 11) is 1.61. The van der Waals surface area contributed by atoms with E-state index in [1.807, 2.05) is 6.92 Å². The van der Waals surface area contributed by atoms with Gasteiger partial charge >= 0.3 is 0 Å². The number of nitrogens with zero attached hydrogens (tertiary/aromatic N) is 2. The highest BCUT2D eigenvalue weighted by atomic mass is 19.1. The van der Waals surface area contributed by atoms with Crippen LogP contribution in [-0.2, 0) is 0 Å². The Labute approximate surface area is 88.2 Å². The predicted octanol–water partition coefficient (Wildman–Crippen LogP) is 1.87. The highest BCUT2D eigenvalue weighted by molar-refractivity contribution is 5.94. The monoisotopic (exact) mass is 208 g/mol. The molecule has 0 aromatic carbocycles. The van der Waals surface area contributed by atoms with Crippen LogP contribution in [0.1, 0.15) is 17.3 Å². The SMILES string of the molecule is C=C(C)CN(C)C(=O)c1ccncc1F. The van der Waals surface area contributed by atoms with Crippen LogP contribution >= 0.6 is 0 Å². The number of carbonyl (C=O) groups excluding carboxylic acids is 1. The highest BCUT2D eigenvalue weighted by Gasteiger charge is 2.15. The third-order valence-electron chi connectivity index (χ3n) is 1.86. The van der Waals surface area contributed by atoms with Crippen molar-refractivity contribution in [2.75, 3.05) is 13.6 Å². The van der Waals surface area contributed by atoms with E-state index >= 15 is 0 Å². The van der Waals surface area contributed by atoms with Crippen LogP contribution in [0.5, 0.6) is 0 Å². The Balaban J connectivity index is 2.85. The minimum absolute atomic E-state index is 0.0359. The number of amides is 1. The van der Waals surface area contributed by atoms with Crippen LogP contribution in [0, 0.1) is 5.82 Å². The average Bonchev–Trinajstić information content (AvgIpc) is 2.16. The second-order valence-corrected chi connectivity index (χ2v) is 3.47. The lowest BCUT2D eigenvalue weighted by Crippen LogP contribution is -2.28. The van der Waals surface area contributed by atoms with Crippen LogP contribution in [0.15, 0.2) is 30.6 Å². The summed E-state index contributed by atoms with van der Waals surface area (Å²) in [5.74, 6) is -0.964. The quantitative estimate of drug-likeness (QED) is 0.710. The number of hydrogen-bond donors (Lipinski definition) is 0. The van der Waals surface area contributed by atoms with E-state index in [1.54, 1.807) is 7.05 Å². The van der Waals surface area contributed by atoms with Crippen molar-refractivity contribution in [1.29, 1.82) is 0 Å². The molecule has 1 aromatic rings. The lowest BCUT2D eigenvalue weighted by Gasteiger charge is -2.17. The lowest BCUT2D eigenvalue weighted by molar-refractivity contribution is 0.0802. The molecule has 0 aliphatic rings. The molecule has 0 spiro atoms. The Morgan fingerprint density at radius 1 is 1.67 bits per heavy atom. The number of aromatic nitrogens is 1. The lowest BCUT2D eigenvalue weighted by atomic mass is 10.2. The molecule has 15 heavy (non-hydrogen) atoms. The second kappa shape index (κ2) is 4.68. The van der Waals surface area contributed by atoms with Crippen molar-refractivity contribution in [1.82, 2.24) is 9.88 Å². The Morgan fingerprint density at radius 2 is 2.33 bits per heavy atom. The summed E-state index contributed by atoms with van der Waals surface area (Å²) in [6.45, 7) is 5.92. The molecule has 0 radical (unpaired) electrons. The number of halogens is 1. The minimum Gasteiger partial charge on any atom is -0.338 e. The normalized spacial score (nSPS) is 9.80. The predicted molar refractivity (Wildman–Crippen MR) is 56.0 cm³/mol. The Kier molecular flexibility index (Phi) is 3.55. The standard InChI is InChI=1S/C11H13FN2O/c1-8(2)7-14(3)11(15)9-4-5-13-6-10(9)12/h4-6H,1,7H2,2-3H3. The van der Waals surface area contributed by atoms with Crippen molar-refractivity contribution >= 4 is 5.91 Å². The van der Waals surface area contributed by atoms with E-state index in [4.69, 9.17) is 0 Å². The maximum atomic E-state index is 13.2. The summed E-state index contributed by atoms with van der Waals surface area (Å²) in [4.78, 5) is 16.7. The van der Waals surface area contributed by atoms with Gasteiger partial charge < -0.3 is 4.90 Å². The number of carbonyl (C=O) groups is 1. The third kappa shape index (κ3) is 2.87. The molecular formula is C11H13FN2O. The first-order valence-corrected chi connectivity index (χ1v) is 4.51. The van der Waals surface area contributed by atoms with Crippen LogP contribution in [-0.4, -0.2) is 29.4 Å².